The second-order valence-electron chi connectivity index (χ2n) is 16.3. The van der Waals surface area contributed by atoms with E-state index >= 15 is 0 Å². The van der Waals surface area contributed by atoms with E-state index in [9.17, 15) is 32.3 Å². The van der Waals surface area contributed by atoms with Crippen LogP contribution < -0.4 is 20.1 Å². The summed E-state index contributed by atoms with van der Waals surface area (Å²) in [5, 5.41) is 5.44. The number of fused-ring (bicyclic) bond motifs is 5. The molecule has 3 amide bonds. The fourth-order valence-corrected chi connectivity index (χ4v) is 8.73. The number of pyridine rings is 1. The highest BCUT2D eigenvalue weighted by atomic mass is 35.5. The molecule has 0 radical (unpaired) electrons. The second kappa shape index (κ2) is 15.9. The van der Waals surface area contributed by atoms with E-state index in [1.54, 1.807) is 40.7 Å². The zero-order valence-electron chi connectivity index (χ0n) is 32.4. The normalized spacial score (nSPS) is 28.4. The summed E-state index contributed by atoms with van der Waals surface area (Å²) in [7, 11) is 0. The van der Waals surface area contributed by atoms with Gasteiger partial charge in [-0.1, -0.05) is 25.0 Å². The molecule has 2 fully saturated rings. The minimum absolute atomic E-state index is 0.0159. The molecule has 2 N–H and O–H groups in total. The average Bonchev–Trinajstić information content (AvgIpc) is 3.46. The smallest absolute Gasteiger partial charge is 0.422 e. The standard InChI is InChI=1S/C40H50ClF3N4O8/c1-6-53-35(51)39-17-16-24(39)12-10-8-7-9-11-13-29(46-36(52)56-37(3,4)5)34(50)48-21-38(20-30(48)33(49)47-39)19-27(41)31-26-18-25(54-22-40(42,43)44)14-15-28(26)45-23(2)32(31)55-38/h10,12,14-15,18,24,27,29-30H,6-9,11,13,16-17,19-22H2,1-5H3,(H,46,52)(H,47,49). The fourth-order valence-electron chi connectivity index (χ4n) is 8.23. The zero-order chi connectivity index (χ0) is 40.6. The van der Waals surface area contributed by atoms with Crippen molar-refractivity contribution in [3.63, 3.8) is 0 Å². The molecule has 1 aliphatic carbocycles. The van der Waals surface area contributed by atoms with Crippen LogP contribution in [0.5, 0.6) is 11.5 Å². The number of nitrogens with one attached hydrogen (secondary N) is 2. The van der Waals surface area contributed by atoms with Crippen LogP contribution in [0.2, 0.25) is 0 Å². The van der Waals surface area contributed by atoms with Gasteiger partial charge in [-0.25, -0.2) is 14.6 Å². The maximum atomic E-state index is 14.7. The Balaban J connectivity index is 1.38. The van der Waals surface area contributed by atoms with E-state index in [1.165, 1.54) is 17.0 Å². The summed E-state index contributed by atoms with van der Waals surface area (Å²) in [6.07, 6.45) is 2.97. The Morgan fingerprint density at radius 3 is 2.57 bits per heavy atom. The van der Waals surface area contributed by atoms with E-state index < -0.39 is 70.9 Å². The molecule has 1 saturated carbocycles. The number of carbonyl (C=O) groups is 4. The van der Waals surface area contributed by atoms with Crippen molar-refractivity contribution in [2.45, 2.75) is 133 Å². The van der Waals surface area contributed by atoms with Crippen molar-refractivity contribution < 1.29 is 51.3 Å². The number of ether oxygens (including phenoxy) is 4. The van der Waals surface area contributed by atoms with Crippen molar-refractivity contribution in [1.82, 2.24) is 20.5 Å². The molecule has 1 saturated heterocycles. The van der Waals surface area contributed by atoms with E-state index in [0.717, 1.165) is 19.3 Å². The minimum atomic E-state index is -4.54. The SMILES string of the molecule is CCOC(=O)C12CCC1C=CCCCCCC(NC(=O)OC(C)(C)C)C(=O)N1CC3(CC(Cl)c4c(c(C)nc5ccc(OCC(F)(F)F)cc45)O3)CC1C(=O)N2. The number of halogens is 4. The topological polar surface area (TPSA) is 145 Å². The molecule has 56 heavy (non-hydrogen) atoms. The Kier molecular flexibility index (Phi) is 11.8. The van der Waals surface area contributed by atoms with Crippen LogP contribution in [0.3, 0.4) is 0 Å². The number of rotatable bonds is 5. The molecule has 2 aromatic rings. The van der Waals surface area contributed by atoms with Crippen molar-refractivity contribution >= 4 is 46.4 Å². The van der Waals surface area contributed by atoms with Crippen LogP contribution in [-0.2, 0) is 23.9 Å². The highest BCUT2D eigenvalue weighted by Gasteiger charge is 2.59. The van der Waals surface area contributed by atoms with Crippen LogP contribution in [0.4, 0.5) is 18.0 Å². The molecule has 1 spiro atoms. The predicted octanol–water partition coefficient (Wildman–Crippen LogP) is 7.13. The first-order valence-electron chi connectivity index (χ1n) is 19.3. The number of carbonyl (C=O) groups excluding carboxylic acids is 4. The van der Waals surface area contributed by atoms with Gasteiger partial charge in [-0.3, -0.25) is 9.59 Å². The summed E-state index contributed by atoms with van der Waals surface area (Å²) in [6.45, 7) is 7.10. The van der Waals surface area contributed by atoms with Gasteiger partial charge in [-0.15, -0.1) is 11.6 Å². The third-order valence-corrected chi connectivity index (χ3v) is 11.3. The fraction of sp³-hybridized carbons (Fsp3) is 0.625. The Hall–Kier alpha value is -4.27. The predicted molar refractivity (Wildman–Crippen MR) is 200 cm³/mol. The van der Waals surface area contributed by atoms with Crippen molar-refractivity contribution in [3.8, 4) is 11.5 Å². The summed E-state index contributed by atoms with van der Waals surface area (Å²) in [4.78, 5) is 62.1. The van der Waals surface area contributed by atoms with Crippen LogP contribution in [0, 0.1) is 12.8 Å². The molecule has 6 unspecified atom stereocenters. The maximum absolute atomic E-state index is 14.7. The second-order valence-corrected chi connectivity index (χ2v) is 16.8. The van der Waals surface area contributed by atoms with Gasteiger partial charge in [0.15, 0.2) is 6.61 Å². The largest absolute Gasteiger partial charge is 0.484 e. The summed E-state index contributed by atoms with van der Waals surface area (Å²) < 4.78 is 61.8. The number of aryl methyl sites for hydroxylation is 1. The van der Waals surface area contributed by atoms with E-state index in [1.807, 2.05) is 12.2 Å². The number of hydrogen-bond acceptors (Lipinski definition) is 9. The molecule has 4 heterocycles. The van der Waals surface area contributed by atoms with Gasteiger partial charge in [-0.05, 0) is 84.9 Å². The van der Waals surface area contributed by atoms with Gasteiger partial charge in [0.1, 0.15) is 40.3 Å². The van der Waals surface area contributed by atoms with E-state index in [-0.39, 0.29) is 44.1 Å². The van der Waals surface area contributed by atoms with Gasteiger partial charge < -0.3 is 34.5 Å². The minimum Gasteiger partial charge on any atom is -0.484 e. The molecule has 0 bridgehead atoms. The first-order chi connectivity index (χ1) is 26.3. The van der Waals surface area contributed by atoms with Crippen molar-refractivity contribution in [2.75, 3.05) is 19.8 Å². The van der Waals surface area contributed by atoms with E-state index in [4.69, 9.17) is 30.5 Å². The summed E-state index contributed by atoms with van der Waals surface area (Å²) >= 11 is 7.19. The average molecular weight is 807 g/mol. The maximum Gasteiger partial charge on any atom is 0.422 e. The van der Waals surface area contributed by atoms with Crippen LogP contribution >= 0.6 is 11.6 Å². The first kappa shape index (κ1) is 41.4. The van der Waals surface area contributed by atoms with Crippen LogP contribution in [0.25, 0.3) is 10.9 Å². The van der Waals surface area contributed by atoms with Crippen LogP contribution in [-0.4, -0.2) is 88.5 Å². The van der Waals surface area contributed by atoms with Crippen molar-refractivity contribution in [3.05, 3.63) is 41.6 Å². The Labute approximate surface area is 329 Å². The Morgan fingerprint density at radius 1 is 1.12 bits per heavy atom. The molecule has 6 atom stereocenters. The van der Waals surface area contributed by atoms with Gasteiger partial charge in [0, 0.05) is 29.7 Å². The van der Waals surface area contributed by atoms with Crippen LogP contribution in [0.15, 0.2) is 30.4 Å². The Morgan fingerprint density at radius 2 is 1.89 bits per heavy atom. The van der Waals surface area contributed by atoms with E-state index in [2.05, 4.69) is 15.6 Å². The lowest BCUT2D eigenvalue weighted by atomic mass is 9.66. The zero-order valence-corrected chi connectivity index (χ0v) is 33.1. The van der Waals surface area contributed by atoms with Gasteiger partial charge in [0.05, 0.1) is 29.7 Å². The first-order valence-corrected chi connectivity index (χ1v) is 19.7. The molecule has 3 aliphatic heterocycles. The highest BCUT2D eigenvalue weighted by Crippen LogP contribution is 2.52. The number of aromatic nitrogens is 1. The third kappa shape index (κ3) is 8.82. The number of hydrogen-bond donors (Lipinski definition) is 2. The molecule has 1 aromatic heterocycles. The quantitative estimate of drug-likeness (QED) is 0.183. The highest BCUT2D eigenvalue weighted by molar-refractivity contribution is 6.22. The molecule has 1 aromatic carbocycles. The Bertz CT molecular complexity index is 1890. The number of amides is 3. The lowest BCUT2D eigenvalue weighted by Gasteiger charge is -2.47. The number of benzene rings is 1. The third-order valence-electron chi connectivity index (χ3n) is 10.9. The molecular formula is C40H50ClF3N4O8. The number of alkyl carbamates (subject to hydrolysis) is 1. The lowest BCUT2D eigenvalue weighted by Crippen LogP contribution is -2.67. The van der Waals surface area contributed by atoms with Crippen molar-refractivity contribution in [1.29, 1.82) is 0 Å². The van der Waals surface area contributed by atoms with Gasteiger partial charge in [0.25, 0.3) is 0 Å². The van der Waals surface area contributed by atoms with Gasteiger partial charge in [-0.2, -0.15) is 13.2 Å². The number of nitrogens with zero attached hydrogens (tertiary/aromatic N) is 2. The van der Waals surface area contributed by atoms with E-state index in [0.29, 0.717) is 47.2 Å². The molecule has 12 nitrogen and oxygen atoms in total. The summed E-state index contributed by atoms with van der Waals surface area (Å²) in [6, 6.07) is 2.22. The number of allylic oxidation sites excluding steroid dienone is 1. The van der Waals surface area contributed by atoms with Gasteiger partial charge >= 0.3 is 18.2 Å². The summed E-state index contributed by atoms with van der Waals surface area (Å²) in [5.74, 6) is -1.69. The molecule has 16 heteroatoms. The monoisotopic (exact) mass is 806 g/mol. The molecular weight excluding hydrogens is 757 g/mol. The number of alkyl halides is 4. The van der Waals surface area contributed by atoms with Gasteiger partial charge in [0.2, 0.25) is 11.8 Å². The van der Waals surface area contributed by atoms with Crippen molar-refractivity contribution in [2.24, 2.45) is 5.92 Å². The number of esters is 1. The van der Waals surface area contributed by atoms with Crippen LogP contribution in [0.1, 0.15) is 102 Å². The molecule has 306 valence electrons. The lowest BCUT2D eigenvalue weighted by molar-refractivity contribution is -0.161. The summed E-state index contributed by atoms with van der Waals surface area (Å²) in [5.41, 5.74) is -1.95. The molecule has 6 rings (SSSR count). The molecule has 4 aliphatic rings.